The molecule has 11 nitrogen and oxygen atoms in total. The number of hydrogen-bond acceptors (Lipinski definition) is 11. The van der Waals surface area contributed by atoms with Crippen LogP contribution < -0.4 is 0 Å². The van der Waals surface area contributed by atoms with Crippen molar-refractivity contribution in [2.45, 2.75) is 34.8 Å². The van der Waals surface area contributed by atoms with E-state index in [4.69, 9.17) is 63.9 Å². The number of ether oxygens (including phenoxy) is 5. The van der Waals surface area contributed by atoms with Gasteiger partial charge in [0.2, 0.25) is 18.3 Å². The van der Waals surface area contributed by atoms with E-state index >= 15 is 0 Å². The Morgan fingerprint density at radius 1 is 0.560 bits per heavy atom. The van der Waals surface area contributed by atoms with Gasteiger partial charge in [-0.3, -0.25) is 5.41 Å². The predicted molar refractivity (Wildman–Crippen MR) is 183 cm³/mol. The van der Waals surface area contributed by atoms with E-state index in [1.165, 1.54) is 48.5 Å². The zero-order chi connectivity index (χ0) is 36.1. The summed E-state index contributed by atoms with van der Waals surface area (Å²) in [5.41, 5.74) is 0.392. The first-order valence-corrected chi connectivity index (χ1v) is 16.1. The van der Waals surface area contributed by atoms with Crippen LogP contribution in [0.2, 0.25) is 0 Å². The van der Waals surface area contributed by atoms with Crippen molar-refractivity contribution in [3.05, 3.63) is 144 Å². The highest BCUT2D eigenvalue weighted by atomic mass is 35.6. The number of carbonyl (C=O) groups excluding carboxylic acids is 4. The lowest BCUT2D eigenvalue weighted by Crippen LogP contribution is -2.52. The molecule has 0 aliphatic rings. The number of esters is 4. The molecule has 4 atom stereocenters. The van der Waals surface area contributed by atoms with Gasteiger partial charge in [-0.2, -0.15) is 0 Å². The molecule has 0 amide bonds. The molecule has 4 aromatic carbocycles. The third-order valence-corrected chi connectivity index (χ3v) is 7.40. The third kappa shape index (κ3) is 11.0. The van der Waals surface area contributed by atoms with Crippen molar-refractivity contribution in [2.24, 2.45) is 0 Å². The molecule has 4 rings (SSSR count). The minimum atomic E-state index is -2.46. The SMILES string of the molecule is N=C(O[C@@H](O)[C@H](OC(=O)c1ccccc1)C(OC(=O)c1ccccc1)[C@@H](CCOC(=O)c1ccccc1)OC(=O)c1ccccc1)C(Cl)(Cl)Cl. The highest BCUT2D eigenvalue weighted by Crippen LogP contribution is 2.30. The third-order valence-electron chi connectivity index (χ3n) is 6.89. The Hall–Kier alpha value is -4.94. The topological polar surface area (TPSA) is 159 Å². The van der Waals surface area contributed by atoms with Crippen LogP contribution in [0.3, 0.4) is 0 Å². The number of nitrogens with one attached hydrogen (secondary N) is 1. The second kappa shape index (κ2) is 18.2. The van der Waals surface area contributed by atoms with Crippen LogP contribution in [-0.4, -0.2) is 69.9 Å². The Morgan fingerprint density at radius 3 is 1.32 bits per heavy atom. The maximum atomic E-state index is 13.5. The van der Waals surface area contributed by atoms with Gasteiger partial charge in [-0.1, -0.05) is 108 Å². The maximum absolute atomic E-state index is 13.5. The van der Waals surface area contributed by atoms with Crippen LogP contribution in [0, 0.1) is 5.41 Å². The maximum Gasteiger partial charge on any atom is 0.338 e. The summed E-state index contributed by atoms with van der Waals surface area (Å²) in [5, 5.41) is 19.4. The number of aliphatic hydroxyl groups is 1. The second-order valence-electron chi connectivity index (χ2n) is 10.4. The predicted octanol–water partition coefficient (Wildman–Crippen LogP) is 6.59. The Labute approximate surface area is 302 Å². The van der Waals surface area contributed by atoms with Gasteiger partial charge in [0.25, 0.3) is 3.79 Å². The average molecular weight is 743 g/mol. The monoisotopic (exact) mass is 741 g/mol. The van der Waals surface area contributed by atoms with E-state index in [0.717, 1.165) is 0 Å². The van der Waals surface area contributed by atoms with Gasteiger partial charge in [0.05, 0.1) is 28.9 Å². The Kier molecular flexibility index (Phi) is 13.8. The Morgan fingerprint density at radius 2 is 0.920 bits per heavy atom. The number of aliphatic hydroxyl groups excluding tert-OH is 1. The molecule has 14 heteroatoms. The summed E-state index contributed by atoms with van der Waals surface area (Å²) in [6.07, 6.45) is -8.20. The smallest absolute Gasteiger partial charge is 0.338 e. The molecule has 260 valence electrons. The van der Waals surface area contributed by atoms with Gasteiger partial charge < -0.3 is 28.8 Å². The molecule has 0 aliphatic carbocycles. The average Bonchev–Trinajstić information content (AvgIpc) is 3.13. The second-order valence-corrected chi connectivity index (χ2v) is 12.7. The van der Waals surface area contributed by atoms with E-state index in [2.05, 4.69) is 0 Å². The first kappa shape index (κ1) is 37.9. The normalized spacial score (nSPS) is 13.4. The zero-order valence-electron chi connectivity index (χ0n) is 26.0. The molecule has 0 heterocycles. The first-order valence-electron chi connectivity index (χ1n) is 14.9. The van der Waals surface area contributed by atoms with Crippen LogP contribution in [0.15, 0.2) is 121 Å². The molecule has 4 aromatic rings. The Bertz CT molecular complexity index is 1740. The number of halogens is 3. The van der Waals surface area contributed by atoms with E-state index < -0.39 is 64.8 Å². The molecule has 0 fully saturated rings. The van der Waals surface area contributed by atoms with Crippen molar-refractivity contribution in [3.63, 3.8) is 0 Å². The minimum Gasteiger partial charge on any atom is -0.462 e. The summed E-state index contributed by atoms with van der Waals surface area (Å²) in [6, 6.07) is 31.1. The highest BCUT2D eigenvalue weighted by Gasteiger charge is 2.45. The molecule has 0 aliphatic heterocycles. The number of carbonyl (C=O) groups is 4. The molecule has 0 saturated carbocycles. The Balaban J connectivity index is 1.76. The molecule has 1 unspecified atom stereocenters. The van der Waals surface area contributed by atoms with Crippen molar-refractivity contribution in [3.8, 4) is 0 Å². The van der Waals surface area contributed by atoms with Crippen LogP contribution in [-0.2, 0) is 23.7 Å². The van der Waals surface area contributed by atoms with Gasteiger partial charge in [0.1, 0.15) is 6.10 Å². The fraction of sp³-hybridized carbons (Fsp3) is 0.194. The molecule has 0 aromatic heterocycles. The van der Waals surface area contributed by atoms with Crippen LogP contribution in [0.1, 0.15) is 47.9 Å². The summed E-state index contributed by atoms with van der Waals surface area (Å²) >= 11 is 17.4. The van der Waals surface area contributed by atoms with Gasteiger partial charge in [0, 0.05) is 6.42 Å². The molecule has 0 bridgehead atoms. The molecular weight excluding hydrogens is 713 g/mol. The highest BCUT2D eigenvalue weighted by molar-refractivity contribution is 6.76. The van der Waals surface area contributed by atoms with Gasteiger partial charge in [-0.25, -0.2) is 19.2 Å². The van der Waals surface area contributed by atoms with Crippen molar-refractivity contribution >= 4 is 64.6 Å². The largest absolute Gasteiger partial charge is 0.462 e. The number of rotatable bonds is 14. The number of alkyl halides is 3. The van der Waals surface area contributed by atoms with Crippen molar-refractivity contribution < 1.29 is 48.0 Å². The lowest BCUT2D eigenvalue weighted by molar-refractivity contribution is -0.176. The number of hydrogen-bond donors (Lipinski definition) is 2. The fourth-order valence-electron chi connectivity index (χ4n) is 4.42. The lowest BCUT2D eigenvalue weighted by Gasteiger charge is -2.35. The van der Waals surface area contributed by atoms with Crippen LogP contribution >= 0.6 is 34.8 Å². The van der Waals surface area contributed by atoms with Gasteiger partial charge >= 0.3 is 23.9 Å². The molecule has 0 saturated heterocycles. The quantitative estimate of drug-likeness (QED) is 0.0361. The summed E-state index contributed by atoms with van der Waals surface area (Å²) in [4.78, 5) is 53.1. The molecule has 0 radical (unpaired) electrons. The van der Waals surface area contributed by atoms with Crippen molar-refractivity contribution in [2.75, 3.05) is 6.61 Å². The minimum absolute atomic E-state index is 0.0175. The van der Waals surface area contributed by atoms with Crippen molar-refractivity contribution in [1.29, 1.82) is 5.41 Å². The van der Waals surface area contributed by atoms with Crippen LogP contribution in [0.25, 0.3) is 0 Å². The standard InChI is InChI=1S/C36H30Cl3NO10/c37-36(38,39)35(40)50-34(45)29(49-33(44)26-19-11-4-12-20-26)28(48-32(43)25-17-9-3-10-18-25)27(47-31(42)24-15-7-2-8-16-24)21-22-46-30(41)23-13-5-1-6-14-23/h1-20,27-29,34,40,45H,21-22H2/t27-,28?,29-,34-/m1/s1. The van der Waals surface area contributed by atoms with E-state index in [-0.39, 0.29) is 28.7 Å². The summed E-state index contributed by atoms with van der Waals surface area (Å²) in [7, 11) is 0. The zero-order valence-corrected chi connectivity index (χ0v) is 28.3. The van der Waals surface area contributed by atoms with E-state index in [0.29, 0.717) is 0 Å². The van der Waals surface area contributed by atoms with E-state index in [1.807, 2.05) is 0 Å². The van der Waals surface area contributed by atoms with E-state index in [1.54, 1.807) is 72.8 Å². The van der Waals surface area contributed by atoms with Crippen LogP contribution in [0.5, 0.6) is 0 Å². The van der Waals surface area contributed by atoms with Gasteiger partial charge in [0.15, 0.2) is 6.10 Å². The summed E-state index contributed by atoms with van der Waals surface area (Å²) in [5.74, 6) is -4.69. The van der Waals surface area contributed by atoms with E-state index in [9.17, 15) is 24.3 Å². The molecule has 0 spiro atoms. The summed E-state index contributed by atoms with van der Waals surface area (Å²) in [6.45, 7) is -0.403. The lowest BCUT2D eigenvalue weighted by atomic mass is 10.0. The first-order chi connectivity index (χ1) is 23.9. The molecule has 50 heavy (non-hydrogen) atoms. The molecule has 2 N–H and O–H groups in total. The summed E-state index contributed by atoms with van der Waals surface area (Å²) < 4.78 is 25.4. The molecular formula is C36H30Cl3NO10. The van der Waals surface area contributed by atoms with Gasteiger partial charge in [-0.15, -0.1) is 0 Å². The van der Waals surface area contributed by atoms with Gasteiger partial charge in [-0.05, 0) is 48.5 Å². The number of benzene rings is 4. The fourth-order valence-corrected chi connectivity index (χ4v) is 4.56. The van der Waals surface area contributed by atoms with Crippen LogP contribution in [0.4, 0.5) is 0 Å². The van der Waals surface area contributed by atoms with Crippen molar-refractivity contribution in [1.82, 2.24) is 0 Å².